The van der Waals surface area contributed by atoms with E-state index in [0.29, 0.717) is 6.54 Å². The summed E-state index contributed by atoms with van der Waals surface area (Å²) in [7, 11) is 0. The van der Waals surface area contributed by atoms with E-state index in [1.54, 1.807) is 0 Å². The minimum absolute atomic E-state index is 0.517. The van der Waals surface area contributed by atoms with Crippen LogP contribution in [0.5, 0.6) is 0 Å². The van der Waals surface area contributed by atoms with Crippen molar-refractivity contribution in [3.05, 3.63) is 76.8 Å². The number of nitrogens with zero attached hydrogens (tertiary/aromatic N) is 1. The third-order valence-corrected chi connectivity index (χ3v) is 3.31. The van der Waals surface area contributed by atoms with Crippen LogP contribution in [0.1, 0.15) is 11.1 Å². The highest BCUT2D eigenvalue weighted by molar-refractivity contribution is 6.34. The van der Waals surface area contributed by atoms with E-state index in [0.717, 1.165) is 27.7 Å². The quantitative estimate of drug-likeness (QED) is 0.883. The highest BCUT2D eigenvalue weighted by atomic mass is 35.5. The summed E-state index contributed by atoms with van der Waals surface area (Å²) in [6.45, 7) is 0.517. The van der Waals surface area contributed by atoms with Gasteiger partial charge in [-0.05, 0) is 5.56 Å². The first-order chi connectivity index (χ1) is 9.34. The fraction of sp³-hybridized carbons (Fsp3) is 0.0625. The van der Waals surface area contributed by atoms with E-state index in [-0.39, 0.29) is 0 Å². The summed E-state index contributed by atoms with van der Waals surface area (Å²) in [4.78, 5) is 4.47. The Morgan fingerprint density at radius 1 is 0.842 bits per heavy atom. The second-order valence-electron chi connectivity index (χ2n) is 4.30. The molecule has 1 aliphatic heterocycles. The Labute approximate surface area is 117 Å². The van der Waals surface area contributed by atoms with Crippen LogP contribution in [-0.4, -0.2) is 12.4 Å². The Kier molecular flexibility index (Phi) is 3.34. The van der Waals surface area contributed by atoms with Crippen molar-refractivity contribution in [2.24, 2.45) is 4.99 Å². The van der Waals surface area contributed by atoms with Crippen molar-refractivity contribution in [1.82, 2.24) is 5.32 Å². The summed E-state index contributed by atoms with van der Waals surface area (Å²) in [5.74, 6) is 0.865. The highest BCUT2D eigenvalue weighted by Gasteiger charge is 2.15. The Hall–Kier alpha value is -2.06. The van der Waals surface area contributed by atoms with Gasteiger partial charge in [-0.3, -0.25) is 4.99 Å². The fourth-order valence-electron chi connectivity index (χ4n) is 2.05. The Morgan fingerprint density at radius 3 is 2.05 bits per heavy atom. The molecule has 0 aromatic heterocycles. The predicted molar refractivity (Wildman–Crippen MR) is 80.2 cm³/mol. The second-order valence-corrected chi connectivity index (χ2v) is 4.76. The molecule has 1 N–H and O–H groups in total. The molecular formula is C16H13ClN2. The van der Waals surface area contributed by atoms with Gasteiger partial charge < -0.3 is 5.32 Å². The van der Waals surface area contributed by atoms with Gasteiger partial charge in [0.25, 0.3) is 0 Å². The molecule has 0 spiro atoms. The van der Waals surface area contributed by atoms with Gasteiger partial charge in [-0.2, -0.15) is 0 Å². The van der Waals surface area contributed by atoms with Gasteiger partial charge in [-0.15, -0.1) is 0 Å². The summed E-state index contributed by atoms with van der Waals surface area (Å²) < 4.78 is 0. The molecule has 0 amide bonds. The van der Waals surface area contributed by atoms with Gasteiger partial charge in [0.1, 0.15) is 5.84 Å². The average molecular weight is 269 g/mol. The number of hydrogen-bond donors (Lipinski definition) is 1. The lowest BCUT2D eigenvalue weighted by atomic mass is 10.1. The molecule has 19 heavy (non-hydrogen) atoms. The number of benzene rings is 2. The minimum Gasteiger partial charge on any atom is -0.339 e. The summed E-state index contributed by atoms with van der Waals surface area (Å²) >= 11 is 6.28. The van der Waals surface area contributed by atoms with Gasteiger partial charge in [0, 0.05) is 5.56 Å². The van der Waals surface area contributed by atoms with Gasteiger partial charge in [0.2, 0.25) is 0 Å². The second kappa shape index (κ2) is 5.29. The van der Waals surface area contributed by atoms with Crippen LogP contribution in [0.15, 0.2) is 70.7 Å². The van der Waals surface area contributed by atoms with Gasteiger partial charge in [-0.1, -0.05) is 72.3 Å². The molecule has 2 nitrogen and oxygen atoms in total. The molecule has 1 heterocycles. The molecule has 3 rings (SSSR count). The molecular weight excluding hydrogens is 256 g/mol. The number of hydrogen-bond acceptors (Lipinski definition) is 2. The lowest BCUT2D eigenvalue weighted by Gasteiger charge is -2.19. The lowest BCUT2D eigenvalue weighted by Crippen LogP contribution is -2.27. The van der Waals surface area contributed by atoms with Crippen molar-refractivity contribution in [3.8, 4) is 0 Å². The van der Waals surface area contributed by atoms with Crippen molar-refractivity contribution in [3.63, 3.8) is 0 Å². The summed E-state index contributed by atoms with van der Waals surface area (Å²) in [6, 6.07) is 20.1. The molecule has 2 aromatic rings. The van der Waals surface area contributed by atoms with Gasteiger partial charge in [0.15, 0.2) is 0 Å². The first-order valence-electron chi connectivity index (χ1n) is 6.15. The van der Waals surface area contributed by atoms with Crippen LogP contribution in [0.3, 0.4) is 0 Å². The van der Waals surface area contributed by atoms with E-state index in [4.69, 9.17) is 11.6 Å². The molecule has 1 aliphatic rings. The minimum atomic E-state index is 0.517. The van der Waals surface area contributed by atoms with Crippen molar-refractivity contribution in [2.45, 2.75) is 0 Å². The Bertz CT molecular complexity index is 630. The number of nitrogens with one attached hydrogen (secondary N) is 1. The van der Waals surface area contributed by atoms with Crippen molar-refractivity contribution < 1.29 is 0 Å². The normalized spacial score (nSPS) is 14.9. The topological polar surface area (TPSA) is 24.4 Å². The van der Waals surface area contributed by atoms with Crippen LogP contribution in [0.4, 0.5) is 0 Å². The van der Waals surface area contributed by atoms with Gasteiger partial charge in [0.05, 0.1) is 17.3 Å². The van der Waals surface area contributed by atoms with Crippen molar-refractivity contribution in [1.29, 1.82) is 0 Å². The predicted octanol–water partition coefficient (Wildman–Crippen LogP) is 3.64. The maximum Gasteiger partial charge on any atom is 0.133 e. The van der Waals surface area contributed by atoms with Crippen molar-refractivity contribution >= 4 is 23.1 Å². The third kappa shape index (κ3) is 2.54. The van der Waals surface area contributed by atoms with Gasteiger partial charge >= 0.3 is 0 Å². The molecule has 94 valence electrons. The van der Waals surface area contributed by atoms with Crippen LogP contribution in [0.2, 0.25) is 0 Å². The average Bonchev–Trinajstić information content (AvgIpc) is 2.49. The maximum atomic E-state index is 6.28. The van der Waals surface area contributed by atoms with Crippen LogP contribution >= 0.6 is 11.6 Å². The SMILES string of the molecule is ClC1=C(c2ccccc2)NC(c2ccccc2)=NC1. The standard InChI is InChI=1S/C16H13ClN2/c17-14-11-18-16(13-9-5-2-6-10-13)19-15(14)12-7-3-1-4-8-12/h1-10H,11H2,(H,18,19). The monoisotopic (exact) mass is 268 g/mol. The van der Waals surface area contributed by atoms with Crippen LogP contribution in [0, 0.1) is 0 Å². The molecule has 0 atom stereocenters. The number of rotatable bonds is 2. The molecule has 0 unspecified atom stereocenters. The van der Waals surface area contributed by atoms with Crippen LogP contribution < -0.4 is 5.32 Å². The summed E-state index contributed by atoms with van der Waals surface area (Å²) in [5, 5.41) is 4.08. The molecule has 0 saturated carbocycles. The molecule has 0 aliphatic carbocycles. The Balaban J connectivity index is 1.92. The molecule has 2 aromatic carbocycles. The van der Waals surface area contributed by atoms with E-state index in [9.17, 15) is 0 Å². The molecule has 0 saturated heterocycles. The van der Waals surface area contributed by atoms with Crippen LogP contribution in [-0.2, 0) is 0 Å². The number of aliphatic imine (C=N–C) groups is 1. The Morgan fingerprint density at radius 2 is 1.42 bits per heavy atom. The van der Waals surface area contributed by atoms with E-state index in [1.807, 2.05) is 60.7 Å². The lowest BCUT2D eigenvalue weighted by molar-refractivity contribution is 1.10. The molecule has 3 heteroatoms. The molecule has 0 bridgehead atoms. The number of amidine groups is 1. The number of halogens is 1. The molecule has 0 fully saturated rings. The van der Waals surface area contributed by atoms with E-state index in [1.165, 1.54) is 0 Å². The van der Waals surface area contributed by atoms with Crippen molar-refractivity contribution in [2.75, 3.05) is 6.54 Å². The molecule has 0 radical (unpaired) electrons. The van der Waals surface area contributed by atoms with E-state index < -0.39 is 0 Å². The first-order valence-corrected chi connectivity index (χ1v) is 6.53. The van der Waals surface area contributed by atoms with E-state index in [2.05, 4.69) is 10.3 Å². The zero-order valence-electron chi connectivity index (χ0n) is 10.3. The fourth-order valence-corrected chi connectivity index (χ4v) is 2.26. The zero-order valence-corrected chi connectivity index (χ0v) is 11.1. The first kappa shape index (κ1) is 12.0. The smallest absolute Gasteiger partial charge is 0.133 e. The zero-order chi connectivity index (χ0) is 13.1. The third-order valence-electron chi connectivity index (χ3n) is 3.00. The van der Waals surface area contributed by atoms with Crippen LogP contribution in [0.25, 0.3) is 5.70 Å². The highest BCUT2D eigenvalue weighted by Crippen LogP contribution is 2.23. The maximum absolute atomic E-state index is 6.28. The summed E-state index contributed by atoms with van der Waals surface area (Å²) in [6.07, 6.45) is 0. The van der Waals surface area contributed by atoms with Gasteiger partial charge in [-0.25, -0.2) is 0 Å². The summed E-state index contributed by atoms with van der Waals surface area (Å²) in [5.41, 5.74) is 3.09. The largest absolute Gasteiger partial charge is 0.339 e. The van der Waals surface area contributed by atoms with E-state index >= 15 is 0 Å².